The van der Waals surface area contributed by atoms with E-state index in [1.165, 1.54) is 17.0 Å². The van der Waals surface area contributed by atoms with Gasteiger partial charge in [0.25, 0.3) is 17.7 Å². The third-order valence-electron chi connectivity index (χ3n) is 5.88. The Hall–Kier alpha value is -4.33. The average molecular weight is 439 g/mol. The van der Waals surface area contributed by atoms with Gasteiger partial charge in [0, 0.05) is 18.0 Å². The van der Waals surface area contributed by atoms with Crippen LogP contribution in [0.3, 0.4) is 0 Å². The predicted octanol–water partition coefficient (Wildman–Crippen LogP) is 3.95. The summed E-state index contributed by atoms with van der Waals surface area (Å²) in [5.74, 6) is -1.23. The number of aromatic nitrogens is 3. The monoisotopic (exact) mass is 439 g/mol. The lowest BCUT2D eigenvalue weighted by atomic mass is 10.1. The average Bonchev–Trinajstić information content (AvgIpc) is 3.21. The second-order valence-electron chi connectivity index (χ2n) is 8.25. The molecule has 3 amide bonds. The third-order valence-corrected chi connectivity index (χ3v) is 5.88. The van der Waals surface area contributed by atoms with E-state index in [1.807, 2.05) is 52.1 Å². The lowest BCUT2D eigenvalue weighted by Gasteiger charge is -2.17. The zero-order valence-corrected chi connectivity index (χ0v) is 18.6. The Kier molecular flexibility index (Phi) is 4.59. The molecule has 1 aliphatic rings. The minimum atomic E-state index is -0.438. The van der Waals surface area contributed by atoms with Gasteiger partial charge in [-0.3, -0.25) is 19.1 Å². The SMILES string of the molecule is Cc1ccc(C)c(N2C(=O)c3ccc(C(=O)Nc4cnc5c(c4)c(C)nn5C)cc3C2=O)c1. The molecule has 2 aromatic carbocycles. The molecule has 3 heterocycles. The van der Waals surface area contributed by atoms with E-state index in [4.69, 9.17) is 0 Å². The minimum Gasteiger partial charge on any atom is -0.321 e. The van der Waals surface area contributed by atoms with Gasteiger partial charge in [0.05, 0.1) is 34.4 Å². The van der Waals surface area contributed by atoms with Crippen molar-refractivity contribution in [3.8, 4) is 0 Å². The van der Waals surface area contributed by atoms with Gasteiger partial charge in [-0.1, -0.05) is 12.1 Å². The molecule has 1 aliphatic heterocycles. The molecule has 0 spiro atoms. The maximum absolute atomic E-state index is 13.1. The molecule has 33 heavy (non-hydrogen) atoms. The number of amides is 3. The zero-order chi connectivity index (χ0) is 23.4. The molecule has 8 nitrogen and oxygen atoms in total. The van der Waals surface area contributed by atoms with Gasteiger partial charge in [-0.2, -0.15) is 5.10 Å². The lowest BCUT2D eigenvalue weighted by molar-refractivity contribution is 0.0925. The van der Waals surface area contributed by atoms with Crippen LogP contribution in [0.1, 0.15) is 47.9 Å². The number of pyridine rings is 1. The smallest absolute Gasteiger partial charge is 0.266 e. The Morgan fingerprint density at radius 3 is 2.48 bits per heavy atom. The highest BCUT2D eigenvalue weighted by molar-refractivity contribution is 6.35. The number of carbonyl (C=O) groups excluding carboxylic acids is 3. The Labute approximate surface area is 189 Å². The van der Waals surface area contributed by atoms with Gasteiger partial charge in [-0.15, -0.1) is 0 Å². The van der Waals surface area contributed by atoms with E-state index in [1.54, 1.807) is 16.9 Å². The van der Waals surface area contributed by atoms with Gasteiger partial charge in [0.15, 0.2) is 5.65 Å². The van der Waals surface area contributed by atoms with Crippen molar-refractivity contribution in [1.82, 2.24) is 14.8 Å². The van der Waals surface area contributed by atoms with Gasteiger partial charge in [-0.05, 0) is 62.2 Å². The summed E-state index contributed by atoms with van der Waals surface area (Å²) in [6.07, 6.45) is 1.56. The first kappa shape index (κ1) is 20.6. The molecule has 0 unspecified atom stereocenters. The highest BCUT2D eigenvalue weighted by Crippen LogP contribution is 2.32. The van der Waals surface area contributed by atoms with Crippen molar-refractivity contribution in [2.24, 2.45) is 7.05 Å². The fourth-order valence-electron chi connectivity index (χ4n) is 4.14. The fraction of sp³-hybridized carbons (Fsp3) is 0.160. The maximum Gasteiger partial charge on any atom is 0.266 e. The number of anilines is 2. The van der Waals surface area contributed by atoms with Crippen LogP contribution in [0.25, 0.3) is 11.0 Å². The second kappa shape index (κ2) is 7.37. The molecule has 164 valence electrons. The number of fused-ring (bicyclic) bond motifs is 2. The highest BCUT2D eigenvalue weighted by Gasteiger charge is 2.37. The van der Waals surface area contributed by atoms with Crippen molar-refractivity contribution in [3.05, 3.63) is 82.2 Å². The summed E-state index contributed by atoms with van der Waals surface area (Å²) >= 11 is 0. The number of hydrogen-bond donors (Lipinski definition) is 1. The van der Waals surface area contributed by atoms with Gasteiger partial charge in [-0.25, -0.2) is 9.88 Å². The van der Waals surface area contributed by atoms with Crippen molar-refractivity contribution < 1.29 is 14.4 Å². The molecule has 5 rings (SSSR count). The summed E-state index contributed by atoms with van der Waals surface area (Å²) in [6.45, 7) is 5.63. The Bertz CT molecular complexity index is 1500. The first-order chi connectivity index (χ1) is 15.7. The summed E-state index contributed by atoms with van der Waals surface area (Å²) in [6, 6.07) is 12.0. The van der Waals surface area contributed by atoms with Gasteiger partial charge < -0.3 is 5.32 Å². The van der Waals surface area contributed by atoms with Crippen LogP contribution in [0.15, 0.2) is 48.7 Å². The molecule has 8 heteroatoms. The van der Waals surface area contributed by atoms with E-state index in [0.29, 0.717) is 11.4 Å². The molecule has 2 aromatic heterocycles. The van der Waals surface area contributed by atoms with Crippen molar-refractivity contribution >= 4 is 40.1 Å². The number of nitrogens with one attached hydrogen (secondary N) is 1. The van der Waals surface area contributed by atoms with E-state index in [2.05, 4.69) is 15.4 Å². The number of aryl methyl sites for hydroxylation is 4. The molecule has 0 fully saturated rings. The van der Waals surface area contributed by atoms with Crippen LogP contribution in [-0.4, -0.2) is 32.5 Å². The summed E-state index contributed by atoms with van der Waals surface area (Å²) in [7, 11) is 1.81. The maximum atomic E-state index is 13.1. The molecular weight excluding hydrogens is 418 g/mol. The third kappa shape index (κ3) is 3.27. The summed E-state index contributed by atoms with van der Waals surface area (Å²) in [5.41, 5.74) is 5.14. The van der Waals surface area contributed by atoms with Crippen molar-refractivity contribution in [2.45, 2.75) is 20.8 Å². The van der Waals surface area contributed by atoms with E-state index in [-0.39, 0.29) is 16.7 Å². The van der Waals surface area contributed by atoms with Gasteiger partial charge in [0.1, 0.15) is 0 Å². The highest BCUT2D eigenvalue weighted by atomic mass is 16.2. The van der Waals surface area contributed by atoms with Crippen molar-refractivity contribution in [2.75, 3.05) is 10.2 Å². The van der Waals surface area contributed by atoms with Crippen molar-refractivity contribution in [1.29, 1.82) is 0 Å². The lowest BCUT2D eigenvalue weighted by Crippen LogP contribution is -2.30. The molecule has 0 bridgehead atoms. The first-order valence-corrected chi connectivity index (χ1v) is 10.5. The van der Waals surface area contributed by atoms with Gasteiger partial charge in [0.2, 0.25) is 0 Å². The van der Waals surface area contributed by atoms with Gasteiger partial charge >= 0.3 is 0 Å². The molecule has 1 N–H and O–H groups in total. The summed E-state index contributed by atoms with van der Waals surface area (Å²) in [4.78, 5) is 44.6. The normalized spacial score (nSPS) is 13.0. The molecular formula is C25H21N5O3. The molecule has 0 radical (unpaired) electrons. The first-order valence-electron chi connectivity index (χ1n) is 10.5. The minimum absolute atomic E-state index is 0.213. The Morgan fingerprint density at radius 2 is 1.70 bits per heavy atom. The number of benzene rings is 2. The topological polar surface area (TPSA) is 97.2 Å². The number of carbonyl (C=O) groups is 3. The standard InChI is InChI=1S/C25H21N5O3/c1-13-5-6-14(2)21(9-13)30-24(32)18-8-7-16(10-20(18)25(30)33)23(31)27-17-11-19-15(3)28-29(4)22(19)26-12-17/h5-12H,1-4H3,(H,27,31). The molecule has 4 aromatic rings. The molecule has 0 saturated carbocycles. The number of imide groups is 1. The predicted molar refractivity (Wildman–Crippen MR) is 125 cm³/mol. The van der Waals surface area contributed by atoms with E-state index in [0.717, 1.165) is 27.9 Å². The summed E-state index contributed by atoms with van der Waals surface area (Å²) in [5, 5.41) is 7.99. The van der Waals surface area contributed by atoms with Crippen molar-refractivity contribution in [3.63, 3.8) is 0 Å². The fourth-order valence-corrected chi connectivity index (χ4v) is 4.14. The molecule has 0 atom stereocenters. The number of hydrogen-bond acceptors (Lipinski definition) is 5. The quantitative estimate of drug-likeness (QED) is 0.488. The van der Waals surface area contributed by atoms with Crippen LogP contribution >= 0.6 is 0 Å². The van der Waals surface area contributed by atoms with Crippen LogP contribution in [-0.2, 0) is 7.05 Å². The Balaban J connectivity index is 1.45. The van der Waals surface area contributed by atoms with Crippen LogP contribution < -0.4 is 10.2 Å². The largest absolute Gasteiger partial charge is 0.321 e. The van der Waals surface area contributed by atoms with Crippen LogP contribution in [0.5, 0.6) is 0 Å². The Morgan fingerprint density at radius 1 is 0.939 bits per heavy atom. The second-order valence-corrected chi connectivity index (χ2v) is 8.25. The number of nitrogens with zero attached hydrogens (tertiary/aromatic N) is 4. The summed E-state index contributed by atoms with van der Waals surface area (Å²) < 4.78 is 1.68. The van der Waals surface area contributed by atoms with Crippen LogP contribution in [0.4, 0.5) is 11.4 Å². The van der Waals surface area contributed by atoms with E-state index < -0.39 is 17.7 Å². The van der Waals surface area contributed by atoms with E-state index >= 15 is 0 Å². The molecule has 0 saturated heterocycles. The zero-order valence-electron chi connectivity index (χ0n) is 18.6. The van der Waals surface area contributed by atoms with Crippen LogP contribution in [0, 0.1) is 20.8 Å². The van der Waals surface area contributed by atoms with Crippen LogP contribution in [0.2, 0.25) is 0 Å². The number of rotatable bonds is 3. The van der Waals surface area contributed by atoms with E-state index in [9.17, 15) is 14.4 Å². The molecule has 0 aliphatic carbocycles.